The van der Waals surface area contributed by atoms with Crippen LogP contribution in [0.1, 0.15) is 42.6 Å². The van der Waals surface area contributed by atoms with Crippen molar-refractivity contribution in [2.24, 2.45) is 5.92 Å². The number of anilines is 1. The van der Waals surface area contributed by atoms with Gasteiger partial charge in [0.05, 0.1) is 0 Å². The predicted molar refractivity (Wildman–Crippen MR) is 74.5 cm³/mol. The largest absolute Gasteiger partial charge is 0.398 e. The Balaban J connectivity index is 2.19. The van der Waals surface area contributed by atoms with Crippen LogP contribution in [0.15, 0.2) is 18.2 Å². The predicted octanol–water partition coefficient (Wildman–Crippen LogP) is 2.84. The highest BCUT2D eigenvalue weighted by molar-refractivity contribution is 5.95. The molecule has 1 aliphatic carbocycles. The van der Waals surface area contributed by atoms with Gasteiger partial charge in [-0.1, -0.05) is 19.9 Å². The van der Waals surface area contributed by atoms with E-state index in [0.717, 1.165) is 24.9 Å². The molecule has 1 aromatic rings. The first-order chi connectivity index (χ1) is 8.49. The molecule has 0 aromatic heterocycles. The fourth-order valence-corrected chi connectivity index (χ4v) is 2.12. The van der Waals surface area contributed by atoms with E-state index in [0.29, 0.717) is 23.2 Å². The number of hydrogen-bond donors (Lipinski definition) is 1. The molecule has 0 spiro atoms. The molecule has 0 heterocycles. The maximum Gasteiger partial charge on any atom is 0.254 e. The Bertz CT molecular complexity index is 450. The molecule has 3 heteroatoms. The summed E-state index contributed by atoms with van der Waals surface area (Å²) < 4.78 is 0. The van der Waals surface area contributed by atoms with Crippen molar-refractivity contribution in [2.45, 2.75) is 39.7 Å². The zero-order valence-corrected chi connectivity index (χ0v) is 11.4. The van der Waals surface area contributed by atoms with Crippen LogP contribution >= 0.6 is 0 Å². The Morgan fingerprint density at radius 1 is 1.44 bits per heavy atom. The van der Waals surface area contributed by atoms with Crippen molar-refractivity contribution in [2.75, 3.05) is 12.3 Å². The van der Waals surface area contributed by atoms with Crippen LogP contribution in [0.4, 0.5) is 5.69 Å². The van der Waals surface area contributed by atoms with E-state index >= 15 is 0 Å². The molecule has 2 N–H and O–H groups in total. The van der Waals surface area contributed by atoms with Crippen LogP contribution in [0.25, 0.3) is 0 Å². The van der Waals surface area contributed by atoms with E-state index in [4.69, 9.17) is 5.73 Å². The summed E-state index contributed by atoms with van der Waals surface area (Å²) in [5, 5.41) is 0. The first-order valence-electron chi connectivity index (χ1n) is 6.66. The van der Waals surface area contributed by atoms with Gasteiger partial charge in [0.25, 0.3) is 5.91 Å². The Hall–Kier alpha value is -1.51. The number of nitrogens with two attached hydrogens (primary N) is 1. The first-order valence-corrected chi connectivity index (χ1v) is 6.66. The summed E-state index contributed by atoms with van der Waals surface area (Å²) >= 11 is 0. The lowest BCUT2D eigenvalue weighted by Crippen LogP contribution is -2.36. The maximum absolute atomic E-state index is 12.5. The van der Waals surface area contributed by atoms with E-state index in [1.807, 2.05) is 24.0 Å². The number of hydrogen-bond acceptors (Lipinski definition) is 2. The molecule has 0 atom stereocenters. The van der Waals surface area contributed by atoms with E-state index in [2.05, 4.69) is 13.8 Å². The summed E-state index contributed by atoms with van der Waals surface area (Å²) in [6, 6.07) is 6.04. The third-order valence-electron chi connectivity index (χ3n) is 3.34. The van der Waals surface area contributed by atoms with Crippen molar-refractivity contribution >= 4 is 11.6 Å². The van der Waals surface area contributed by atoms with Crippen molar-refractivity contribution in [1.29, 1.82) is 0 Å². The highest BCUT2D eigenvalue weighted by Gasteiger charge is 2.33. The third-order valence-corrected chi connectivity index (χ3v) is 3.34. The first kappa shape index (κ1) is 12.9. The second-order valence-electron chi connectivity index (χ2n) is 5.65. The average Bonchev–Trinajstić information content (AvgIpc) is 3.12. The number of aryl methyl sites for hydroxylation is 1. The molecule has 98 valence electrons. The number of nitrogen functional groups attached to an aromatic ring is 1. The molecule has 3 nitrogen and oxygen atoms in total. The Morgan fingerprint density at radius 2 is 2.11 bits per heavy atom. The molecule has 1 fully saturated rings. The van der Waals surface area contributed by atoms with Gasteiger partial charge in [0.2, 0.25) is 0 Å². The molecule has 1 saturated carbocycles. The normalized spacial score (nSPS) is 14.9. The highest BCUT2D eigenvalue weighted by atomic mass is 16.2. The monoisotopic (exact) mass is 246 g/mol. The van der Waals surface area contributed by atoms with E-state index in [9.17, 15) is 4.79 Å². The Labute approximate surface area is 109 Å². The van der Waals surface area contributed by atoms with Crippen molar-refractivity contribution in [3.63, 3.8) is 0 Å². The second kappa shape index (κ2) is 5.01. The molecule has 18 heavy (non-hydrogen) atoms. The second-order valence-corrected chi connectivity index (χ2v) is 5.65. The van der Waals surface area contributed by atoms with Gasteiger partial charge in [-0.05, 0) is 43.4 Å². The molecular weight excluding hydrogens is 224 g/mol. The van der Waals surface area contributed by atoms with Crippen LogP contribution in [-0.2, 0) is 0 Å². The van der Waals surface area contributed by atoms with E-state index in [1.165, 1.54) is 0 Å². The summed E-state index contributed by atoms with van der Waals surface area (Å²) in [7, 11) is 0. The summed E-state index contributed by atoms with van der Waals surface area (Å²) in [6.45, 7) is 7.08. The lowest BCUT2D eigenvalue weighted by atomic mass is 10.1. The number of carbonyl (C=O) groups is 1. The average molecular weight is 246 g/mol. The molecule has 0 aliphatic heterocycles. The molecule has 0 unspecified atom stereocenters. The fourth-order valence-electron chi connectivity index (χ4n) is 2.12. The van der Waals surface area contributed by atoms with Gasteiger partial charge in [-0.2, -0.15) is 0 Å². The van der Waals surface area contributed by atoms with Gasteiger partial charge >= 0.3 is 0 Å². The van der Waals surface area contributed by atoms with Crippen molar-refractivity contribution in [1.82, 2.24) is 4.90 Å². The minimum Gasteiger partial charge on any atom is -0.398 e. The molecule has 1 amide bonds. The number of rotatable bonds is 4. The van der Waals surface area contributed by atoms with E-state index in [1.54, 1.807) is 6.07 Å². The molecule has 1 aromatic carbocycles. The smallest absolute Gasteiger partial charge is 0.254 e. The zero-order chi connectivity index (χ0) is 13.3. The highest BCUT2D eigenvalue weighted by Crippen LogP contribution is 2.29. The quantitative estimate of drug-likeness (QED) is 0.830. The van der Waals surface area contributed by atoms with Crippen molar-refractivity contribution < 1.29 is 4.79 Å². The topological polar surface area (TPSA) is 46.3 Å². The summed E-state index contributed by atoms with van der Waals surface area (Å²) in [5.74, 6) is 0.621. The number of nitrogens with zero attached hydrogens (tertiary/aromatic N) is 1. The lowest BCUT2D eigenvalue weighted by Gasteiger charge is -2.24. The SMILES string of the molecule is Cc1ccc(C(=O)N(CC(C)C)C2CC2)cc1N. The summed E-state index contributed by atoms with van der Waals surface area (Å²) in [6.07, 6.45) is 2.28. The number of benzene rings is 1. The minimum absolute atomic E-state index is 0.123. The minimum atomic E-state index is 0.123. The Kier molecular flexibility index (Phi) is 3.60. The van der Waals surface area contributed by atoms with Gasteiger partial charge in [0.1, 0.15) is 0 Å². The maximum atomic E-state index is 12.5. The molecule has 0 bridgehead atoms. The standard InChI is InChI=1S/C15H22N2O/c1-10(2)9-17(13-6-7-13)15(18)12-5-4-11(3)14(16)8-12/h4-5,8,10,13H,6-7,9,16H2,1-3H3. The van der Waals surface area contributed by atoms with Crippen molar-refractivity contribution in [3.05, 3.63) is 29.3 Å². The van der Waals surface area contributed by atoms with Gasteiger partial charge in [-0.25, -0.2) is 0 Å². The van der Waals surface area contributed by atoms with Crippen molar-refractivity contribution in [3.8, 4) is 0 Å². The lowest BCUT2D eigenvalue weighted by molar-refractivity contribution is 0.0722. The zero-order valence-electron chi connectivity index (χ0n) is 11.4. The molecular formula is C15H22N2O. The summed E-state index contributed by atoms with van der Waals surface area (Å²) in [4.78, 5) is 14.5. The number of amides is 1. The van der Waals surface area contributed by atoms with Gasteiger partial charge in [-0.3, -0.25) is 4.79 Å². The van der Waals surface area contributed by atoms with Gasteiger partial charge in [-0.15, -0.1) is 0 Å². The summed E-state index contributed by atoms with van der Waals surface area (Å²) in [5.41, 5.74) is 8.31. The van der Waals surface area contributed by atoms with Crippen LogP contribution < -0.4 is 5.73 Å². The molecule has 0 saturated heterocycles. The number of carbonyl (C=O) groups excluding carboxylic acids is 1. The van der Waals surface area contributed by atoms with Crippen LogP contribution in [0, 0.1) is 12.8 Å². The van der Waals surface area contributed by atoms with Gasteiger partial charge in [0, 0.05) is 23.8 Å². The van der Waals surface area contributed by atoms with E-state index in [-0.39, 0.29) is 5.91 Å². The van der Waals surface area contributed by atoms with Gasteiger partial charge in [0.15, 0.2) is 0 Å². The Morgan fingerprint density at radius 3 is 2.61 bits per heavy atom. The van der Waals surface area contributed by atoms with Gasteiger partial charge < -0.3 is 10.6 Å². The van der Waals surface area contributed by atoms with Crippen LogP contribution in [-0.4, -0.2) is 23.4 Å². The molecule has 1 aliphatic rings. The molecule has 0 radical (unpaired) electrons. The van der Waals surface area contributed by atoms with Crippen LogP contribution in [0.2, 0.25) is 0 Å². The van der Waals surface area contributed by atoms with Crippen LogP contribution in [0.3, 0.4) is 0 Å². The van der Waals surface area contributed by atoms with Crippen LogP contribution in [0.5, 0.6) is 0 Å². The van der Waals surface area contributed by atoms with E-state index < -0.39 is 0 Å². The fraction of sp³-hybridized carbons (Fsp3) is 0.533. The third kappa shape index (κ3) is 2.84. The molecule has 2 rings (SSSR count).